The van der Waals surface area contributed by atoms with Gasteiger partial charge in [-0.2, -0.15) is 0 Å². The molecular formula is C15H23N3O. The Balaban J connectivity index is 1.93. The van der Waals surface area contributed by atoms with E-state index in [1.165, 1.54) is 11.1 Å². The number of nitrogens with zero attached hydrogens (tertiary/aromatic N) is 1. The van der Waals surface area contributed by atoms with Gasteiger partial charge in [-0.15, -0.1) is 0 Å². The Kier molecular flexibility index (Phi) is 4.93. The molecule has 0 aromatic heterocycles. The fourth-order valence-electron chi connectivity index (χ4n) is 2.44. The van der Waals surface area contributed by atoms with Crippen LogP contribution in [0.1, 0.15) is 24.0 Å². The van der Waals surface area contributed by atoms with Crippen molar-refractivity contribution in [2.45, 2.75) is 32.0 Å². The van der Waals surface area contributed by atoms with Crippen molar-refractivity contribution in [3.63, 3.8) is 0 Å². The van der Waals surface area contributed by atoms with Crippen LogP contribution in [0.5, 0.6) is 0 Å². The third-order valence-corrected chi connectivity index (χ3v) is 3.43. The predicted molar refractivity (Wildman–Crippen MR) is 76.7 cm³/mol. The highest BCUT2D eigenvalue weighted by molar-refractivity contribution is 5.82. The molecule has 1 aromatic rings. The molecule has 1 amide bonds. The highest BCUT2D eigenvalue weighted by Crippen LogP contribution is 2.11. The maximum atomic E-state index is 12.0. The van der Waals surface area contributed by atoms with E-state index in [0.717, 1.165) is 25.9 Å². The fraction of sp³-hybridized carbons (Fsp3) is 0.533. The van der Waals surface area contributed by atoms with Gasteiger partial charge in [0.05, 0.1) is 6.04 Å². The molecule has 2 N–H and O–H groups in total. The highest BCUT2D eigenvalue weighted by atomic mass is 16.2. The van der Waals surface area contributed by atoms with Gasteiger partial charge in [0.15, 0.2) is 0 Å². The lowest BCUT2D eigenvalue weighted by molar-refractivity contribution is -0.122. The summed E-state index contributed by atoms with van der Waals surface area (Å²) in [6, 6.07) is 8.27. The van der Waals surface area contributed by atoms with E-state index in [1.807, 2.05) is 12.1 Å². The number of carbonyl (C=O) groups is 1. The van der Waals surface area contributed by atoms with Crippen LogP contribution in [0.25, 0.3) is 0 Å². The Morgan fingerprint density at radius 2 is 2.11 bits per heavy atom. The van der Waals surface area contributed by atoms with E-state index in [-0.39, 0.29) is 11.9 Å². The number of nitrogens with one attached hydrogen (secondary N) is 2. The van der Waals surface area contributed by atoms with E-state index in [1.54, 1.807) is 0 Å². The minimum Gasteiger partial charge on any atom is -0.351 e. The molecule has 0 spiro atoms. The second-order valence-electron chi connectivity index (χ2n) is 5.37. The molecule has 19 heavy (non-hydrogen) atoms. The summed E-state index contributed by atoms with van der Waals surface area (Å²) in [6.07, 6.45) is 2.04. The normalized spacial score (nSPS) is 18.8. The van der Waals surface area contributed by atoms with Crippen molar-refractivity contribution in [3.05, 3.63) is 35.4 Å². The maximum absolute atomic E-state index is 12.0. The Bertz CT molecular complexity index is 425. The minimum atomic E-state index is 0.000936. The molecule has 0 unspecified atom stereocenters. The summed E-state index contributed by atoms with van der Waals surface area (Å²) < 4.78 is 0. The molecule has 1 aromatic carbocycles. The Labute approximate surface area is 115 Å². The van der Waals surface area contributed by atoms with E-state index in [0.29, 0.717) is 6.54 Å². The molecule has 1 saturated heterocycles. The lowest BCUT2D eigenvalue weighted by Crippen LogP contribution is -2.40. The van der Waals surface area contributed by atoms with Crippen molar-refractivity contribution in [2.24, 2.45) is 0 Å². The quantitative estimate of drug-likeness (QED) is 0.835. The summed E-state index contributed by atoms with van der Waals surface area (Å²) in [7, 11) is 4.11. The van der Waals surface area contributed by atoms with Gasteiger partial charge in [-0.25, -0.2) is 0 Å². The Morgan fingerprint density at radius 3 is 2.74 bits per heavy atom. The van der Waals surface area contributed by atoms with Crippen LogP contribution in [0, 0.1) is 0 Å². The summed E-state index contributed by atoms with van der Waals surface area (Å²) in [5.41, 5.74) is 2.47. The predicted octanol–water partition coefficient (Wildman–Crippen LogP) is 1.12. The largest absolute Gasteiger partial charge is 0.351 e. The summed E-state index contributed by atoms with van der Waals surface area (Å²) in [6.45, 7) is 2.46. The van der Waals surface area contributed by atoms with Crippen molar-refractivity contribution < 1.29 is 4.79 Å². The van der Waals surface area contributed by atoms with Crippen molar-refractivity contribution in [1.29, 1.82) is 0 Å². The molecular weight excluding hydrogens is 238 g/mol. The van der Waals surface area contributed by atoms with Crippen LogP contribution in [0.15, 0.2) is 24.3 Å². The second kappa shape index (κ2) is 6.68. The summed E-state index contributed by atoms with van der Waals surface area (Å²) in [5, 5.41) is 6.25. The van der Waals surface area contributed by atoms with Gasteiger partial charge in [0.1, 0.15) is 0 Å². The molecule has 1 aliphatic rings. The molecule has 4 heteroatoms. The molecule has 1 heterocycles. The number of hydrogen-bond donors (Lipinski definition) is 2. The van der Waals surface area contributed by atoms with E-state index < -0.39 is 0 Å². The number of benzene rings is 1. The molecule has 1 atom stereocenters. The topological polar surface area (TPSA) is 44.4 Å². The van der Waals surface area contributed by atoms with Gasteiger partial charge in [0.25, 0.3) is 0 Å². The van der Waals surface area contributed by atoms with Crippen LogP contribution in [-0.4, -0.2) is 37.5 Å². The Hall–Kier alpha value is -1.39. The second-order valence-corrected chi connectivity index (χ2v) is 5.37. The molecule has 104 valence electrons. The van der Waals surface area contributed by atoms with E-state index in [9.17, 15) is 4.79 Å². The molecule has 1 aliphatic heterocycles. The van der Waals surface area contributed by atoms with E-state index >= 15 is 0 Å². The number of carbonyl (C=O) groups excluding carboxylic acids is 1. The summed E-state index contributed by atoms with van der Waals surface area (Å²) in [4.78, 5) is 14.1. The molecule has 0 radical (unpaired) electrons. The lowest BCUT2D eigenvalue weighted by Gasteiger charge is -2.16. The zero-order chi connectivity index (χ0) is 13.7. The SMILES string of the molecule is CN(C)Cc1ccccc1CNC(=O)[C@H]1CCCN1. The van der Waals surface area contributed by atoms with E-state index in [2.05, 4.69) is 41.8 Å². The van der Waals surface area contributed by atoms with Crippen LogP contribution in [0.2, 0.25) is 0 Å². The van der Waals surface area contributed by atoms with Crippen LogP contribution < -0.4 is 10.6 Å². The standard InChI is InChI=1S/C15H23N3O/c1-18(2)11-13-7-4-3-6-12(13)10-17-15(19)14-8-5-9-16-14/h3-4,6-7,14,16H,5,8-11H2,1-2H3,(H,17,19)/t14-/m1/s1. The van der Waals surface area contributed by atoms with Gasteiger partial charge < -0.3 is 15.5 Å². The third-order valence-electron chi connectivity index (χ3n) is 3.43. The van der Waals surface area contributed by atoms with Gasteiger partial charge >= 0.3 is 0 Å². The first-order valence-electron chi connectivity index (χ1n) is 6.89. The first kappa shape index (κ1) is 14.0. The van der Waals surface area contributed by atoms with Gasteiger partial charge in [-0.1, -0.05) is 24.3 Å². The van der Waals surface area contributed by atoms with Crippen LogP contribution in [0.4, 0.5) is 0 Å². The van der Waals surface area contributed by atoms with Gasteiger partial charge in [-0.3, -0.25) is 4.79 Å². The monoisotopic (exact) mass is 261 g/mol. The molecule has 0 bridgehead atoms. The first-order chi connectivity index (χ1) is 9.16. The molecule has 2 rings (SSSR count). The first-order valence-corrected chi connectivity index (χ1v) is 6.89. The van der Waals surface area contributed by atoms with Crippen LogP contribution in [0.3, 0.4) is 0 Å². The van der Waals surface area contributed by atoms with Crippen molar-refractivity contribution in [2.75, 3.05) is 20.6 Å². The van der Waals surface area contributed by atoms with Crippen molar-refractivity contribution >= 4 is 5.91 Å². The number of amides is 1. The average molecular weight is 261 g/mol. The molecule has 0 saturated carbocycles. The zero-order valence-corrected chi connectivity index (χ0v) is 11.8. The summed E-state index contributed by atoms with van der Waals surface area (Å²) in [5.74, 6) is 0.122. The maximum Gasteiger partial charge on any atom is 0.237 e. The highest BCUT2D eigenvalue weighted by Gasteiger charge is 2.21. The lowest BCUT2D eigenvalue weighted by atomic mass is 10.1. The smallest absolute Gasteiger partial charge is 0.237 e. The van der Waals surface area contributed by atoms with Crippen LogP contribution >= 0.6 is 0 Å². The van der Waals surface area contributed by atoms with E-state index in [4.69, 9.17) is 0 Å². The van der Waals surface area contributed by atoms with Gasteiger partial charge in [0.2, 0.25) is 5.91 Å². The fourth-order valence-corrected chi connectivity index (χ4v) is 2.44. The Morgan fingerprint density at radius 1 is 1.37 bits per heavy atom. The van der Waals surface area contributed by atoms with Gasteiger partial charge in [0, 0.05) is 13.1 Å². The van der Waals surface area contributed by atoms with Crippen molar-refractivity contribution in [3.8, 4) is 0 Å². The molecule has 1 fully saturated rings. The van der Waals surface area contributed by atoms with Crippen molar-refractivity contribution in [1.82, 2.24) is 15.5 Å². The average Bonchev–Trinajstić information content (AvgIpc) is 2.90. The number of hydrogen-bond acceptors (Lipinski definition) is 3. The minimum absolute atomic E-state index is 0.000936. The molecule has 0 aliphatic carbocycles. The molecule has 4 nitrogen and oxygen atoms in total. The third kappa shape index (κ3) is 4.04. The van der Waals surface area contributed by atoms with Crippen LogP contribution in [-0.2, 0) is 17.9 Å². The van der Waals surface area contributed by atoms with Gasteiger partial charge in [-0.05, 0) is 44.6 Å². The number of rotatable bonds is 5. The summed E-state index contributed by atoms with van der Waals surface area (Å²) >= 11 is 0. The zero-order valence-electron chi connectivity index (χ0n) is 11.8.